The average Bonchev–Trinajstić information content (AvgIpc) is 2.19. The molecule has 1 rings (SSSR count). The summed E-state index contributed by atoms with van der Waals surface area (Å²) in [4.78, 5) is 0. The van der Waals surface area contributed by atoms with Gasteiger partial charge in [-0.3, -0.25) is 0 Å². The van der Waals surface area contributed by atoms with Gasteiger partial charge in [-0.15, -0.1) is 0 Å². The number of hydrogen-bond donors (Lipinski definition) is 0. The minimum absolute atomic E-state index is 0.661. The molecule has 3 heteroatoms. The Morgan fingerprint density at radius 3 is 2.62 bits per heavy atom. The van der Waals surface area contributed by atoms with Gasteiger partial charge in [-0.25, -0.2) is 0 Å². The fourth-order valence-corrected chi connectivity index (χ4v) is 0.920. The van der Waals surface area contributed by atoms with E-state index in [1.165, 1.54) is 0 Å². The summed E-state index contributed by atoms with van der Waals surface area (Å²) in [7, 11) is 2.06. The van der Waals surface area contributed by atoms with Crippen molar-refractivity contribution in [3.63, 3.8) is 0 Å². The van der Waals surface area contributed by atoms with Crippen LogP contribution in [0.5, 0.6) is 5.75 Å². The van der Waals surface area contributed by atoms with Crippen LogP contribution in [0.1, 0.15) is 5.56 Å². The van der Waals surface area contributed by atoms with Gasteiger partial charge in [0.2, 0.25) is 0 Å². The number of hydrogen-bond acceptors (Lipinski definition) is 2. The minimum atomic E-state index is 0.661. The molecular weight excluding hydrogens is 161 g/mol. The van der Waals surface area contributed by atoms with Crippen molar-refractivity contribution in [3.8, 4) is 11.8 Å². The van der Waals surface area contributed by atoms with Gasteiger partial charge in [0.1, 0.15) is 13.0 Å². The Kier molecular flexibility index (Phi) is 3.91. The van der Waals surface area contributed by atoms with Crippen LogP contribution in [0.4, 0.5) is 0 Å². The Morgan fingerprint density at radius 2 is 2.08 bits per heavy atom. The monoisotopic (exact) mass is 172 g/mol. The van der Waals surface area contributed by atoms with Crippen molar-refractivity contribution in [1.82, 2.24) is 0 Å². The largest absolute Gasteiger partial charge is 0.494 e. The van der Waals surface area contributed by atoms with E-state index in [1.54, 1.807) is 12.1 Å². The third-order valence-corrected chi connectivity index (χ3v) is 1.66. The van der Waals surface area contributed by atoms with Gasteiger partial charge in [-0.05, 0) is 30.6 Å². The van der Waals surface area contributed by atoms with Crippen LogP contribution in [0, 0.1) is 11.3 Å². The molecule has 0 fully saturated rings. The van der Waals surface area contributed by atoms with Crippen molar-refractivity contribution in [2.45, 2.75) is 13.1 Å². The highest BCUT2D eigenvalue weighted by molar-refractivity contribution is 6.33. The fraction of sp³-hybridized carbons (Fsp3) is 0.300. The summed E-state index contributed by atoms with van der Waals surface area (Å²) < 4.78 is 5.41. The van der Waals surface area contributed by atoms with Crippen LogP contribution in [0.25, 0.3) is 0 Å². The number of nitriles is 1. The molecule has 0 atom stereocenters. The van der Waals surface area contributed by atoms with Crippen molar-refractivity contribution >= 4 is 7.28 Å². The maximum Gasteiger partial charge on any atom is 0.119 e. The first-order valence-electron chi connectivity index (χ1n) is 4.27. The van der Waals surface area contributed by atoms with E-state index in [0.29, 0.717) is 12.2 Å². The number of benzene rings is 1. The van der Waals surface area contributed by atoms with E-state index < -0.39 is 0 Å². The number of ether oxygens (including phenoxy) is 1. The Bertz CT molecular complexity index is 289. The average molecular weight is 172 g/mol. The molecule has 0 N–H and O–H groups in total. The SMILES string of the molecule is C[B]CCOc1ccc(C#N)cc1. The summed E-state index contributed by atoms with van der Waals surface area (Å²) in [6.45, 7) is 2.70. The van der Waals surface area contributed by atoms with E-state index in [4.69, 9.17) is 10.00 Å². The molecule has 0 saturated heterocycles. The summed E-state index contributed by atoms with van der Waals surface area (Å²) in [6.07, 6.45) is 0.944. The van der Waals surface area contributed by atoms with E-state index >= 15 is 0 Å². The zero-order chi connectivity index (χ0) is 9.52. The van der Waals surface area contributed by atoms with E-state index in [9.17, 15) is 0 Å². The Balaban J connectivity index is 2.46. The Hall–Kier alpha value is -1.43. The smallest absolute Gasteiger partial charge is 0.119 e. The lowest BCUT2D eigenvalue weighted by molar-refractivity contribution is 0.340. The highest BCUT2D eigenvalue weighted by Gasteiger charge is 1.93. The first-order valence-corrected chi connectivity index (χ1v) is 4.27. The zero-order valence-corrected chi connectivity index (χ0v) is 7.66. The second-order valence-electron chi connectivity index (χ2n) is 2.68. The lowest BCUT2D eigenvalue weighted by Gasteiger charge is -2.03. The fourth-order valence-electron chi connectivity index (χ4n) is 0.920. The standard InChI is InChI=1S/C10H11BNO/c1-11-6-7-13-10-4-2-9(8-12)3-5-10/h2-5H,6-7H2,1H3. The summed E-state index contributed by atoms with van der Waals surface area (Å²) >= 11 is 0. The van der Waals surface area contributed by atoms with E-state index in [-0.39, 0.29) is 0 Å². The van der Waals surface area contributed by atoms with Gasteiger partial charge in [-0.2, -0.15) is 5.26 Å². The van der Waals surface area contributed by atoms with Crippen molar-refractivity contribution in [1.29, 1.82) is 5.26 Å². The lowest BCUT2D eigenvalue weighted by Crippen LogP contribution is -1.98. The molecule has 13 heavy (non-hydrogen) atoms. The van der Waals surface area contributed by atoms with Gasteiger partial charge in [0.25, 0.3) is 0 Å². The van der Waals surface area contributed by atoms with Gasteiger partial charge in [0.15, 0.2) is 0 Å². The highest BCUT2D eigenvalue weighted by Crippen LogP contribution is 2.11. The molecule has 0 aliphatic carbocycles. The summed E-state index contributed by atoms with van der Waals surface area (Å²) in [5.74, 6) is 0.820. The predicted octanol–water partition coefficient (Wildman–Crippen LogP) is 2.11. The van der Waals surface area contributed by atoms with E-state index in [2.05, 4.69) is 13.3 Å². The van der Waals surface area contributed by atoms with Crippen LogP contribution in [-0.4, -0.2) is 13.9 Å². The van der Waals surface area contributed by atoms with Crippen LogP contribution in [0.15, 0.2) is 24.3 Å². The molecule has 0 amide bonds. The molecule has 1 radical (unpaired) electrons. The molecule has 0 aliphatic heterocycles. The zero-order valence-electron chi connectivity index (χ0n) is 7.66. The number of rotatable bonds is 4. The van der Waals surface area contributed by atoms with Crippen molar-refractivity contribution in [2.24, 2.45) is 0 Å². The molecule has 0 spiro atoms. The van der Waals surface area contributed by atoms with Crippen LogP contribution in [0.3, 0.4) is 0 Å². The third kappa shape index (κ3) is 3.21. The second kappa shape index (κ2) is 5.26. The number of nitrogens with zero attached hydrogens (tertiary/aromatic N) is 1. The molecule has 0 aliphatic rings. The Morgan fingerprint density at radius 1 is 1.38 bits per heavy atom. The second-order valence-corrected chi connectivity index (χ2v) is 2.68. The maximum atomic E-state index is 8.55. The van der Waals surface area contributed by atoms with Crippen LogP contribution in [-0.2, 0) is 0 Å². The molecule has 0 unspecified atom stereocenters. The van der Waals surface area contributed by atoms with Gasteiger partial charge in [-0.1, -0.05) is 6.82 Å². The van der Waals surface area contributed by atoms with Gasteiger partial charge >= 0.3 is 0 Å². The quantitative estimate of drug-likeness (QED) is 0.514. The Labute approximate surface area is 79.4 Å². The van der Waals surface area contributed by atoms with Gasteiger partial charge in [0, 0.05) is 0 Å². The molecule has 0 saturated carbocycles. The molecule has 0 bridgehead atoms. The molecular formula is C10H11BNO. The van der Waals surface area contributed by atoms with Crippen LogP contribution >= 0.6 is 0 Å². The first-order chi connectivity index (χ1) is 6.36. The maximum absolute atomic E-state index is 8.55. The molecule has 1 aromatic rings. The van der Waals surface area contributed by atoms with E-state index in [1.807, 2.05) is 19.0 Å². The molecule has 0 aromatic heterocycles. The van der Waals surface area contributed by atoms with Crippen molar-refractivity contribution < 1.29 is 4.74 Å². The topological polar surface area (TPSA) is 33.0 Å². The summed E-state index contributed by atoms with van der Waals surface area (Å²) in [5, 5.41) is 8.55. The molecule has 0 heterocycles. The molecule has 2 nitrogen and oxygen atoms in total. The van der Waals surface area contributed by atoms with E-state index in [0.717, 1.165) is 12.1 Å². The highest BCUT2D eigenvalue weighted by atomic mass is 16.5. The normalized spacial score (nSPS) is 8.92. The van der Waals surface area contributed by atoms with Crippen LogP contribution in [0.2, 0.25) is 13.1 Å². The minimum Gasteiger partial charge on any atom is -0.494 e. The summed E-state index contributed by atoms with van der Waals surface area (Å²) in [5.41, 5.74) is 0.661. The summed E-state index contributed by atoms with van der Waals surface area (Å²) in [6, 6.07) is 9.20. The van der Waals surface area contributed by atoms with Crippen molar-refractivity contribution in [2.75, 3.05) is 6.61 Å². The predicted molar refractivity (Wildman–Crippen MR) is 53.1 cm³/mol. The van der Waals surface area contributed by atoms with Crippen molar-refractivity contribution in [3.05, 3.63) is 29.8 Å². The lowest BCUT2D eigenvalue weighted by atomic mass is 9.79. The molecule has 1 aromatic carbocycles. The molecule has 65 valence electrons. The first kappa shape index (κ1) is 9.66. The van der Waals surface area contributed by atoms with Crippen LogP contribution < -0.4 is 4.74 Å². The van der Waals surface area contributed by atoms with Gasteiger partial charge in [0.05, 0.1) is 18.2 Å². The third-order valence-electron chi connectivity index (χ3n) is 1.66. The van der Waals surface area contributed by atoms with Gasteiger partial charge < -0.3 is 4.74 Å².